The number of hydrogen-bond acceptors (Lipinski definition) is 6. The Morgan fingerprint density at radius 3 is 2.77 bits per heavy atom. The summed E-state index contributed by atoms with van der Waals surface area (Å²) >= 11 is 1.58. The normalized spacial score (nSPS) is 17.5. The Labute approximate surface area is 158 Å². The minimum Gasteiger partial charge on any atom is -0.385 e. The second-order valence-corrected chi connectivity index (χ2v) is 7.68. The van der Waals surface area contributed by atoms with E-state index in [0.29, 0.717) is 19.7 Å². The SMILES string of the molecule is COCCCNC(=O)[C@H]1CCCN(c2nnc(-n3c(C)ccc3C)s2)C1. The molecular formula is C18H27N5O2S. The maximum atomic E-state index is 12.4. The van der Waals surface area contributed by atoms with Gasteiger partial charge in [0.15, 0.2) is 0 Å². The number of piperidine rings is 1. The molecule has 1 atom stereocenters. The van der Waals surface area contributed by atoms with E-state index in [-0.39, 0.29) is 11.8 Å². The molecule has 3 rings (SSSR count). The Bertz CT molecular complexity index is 722. The summed E-state index contributed by atoms with van der Waals surface area (Å²) in [5.41, 5.74) is 2.30. The summed E-state index contributed by atoms with van der Waals surface area (Å²) in [5.74, 6) is 0.140. The average molecular weight is 378 g/mol. The standard InChI is InChI=1S/C18H27N5O2S/c1-13-7-8-14(2)23(13)18-21-20-17(26-18)22-10-4-6-15(12-22)16(24)19-9-5-11-25-3/h7-8,15H,4-6,9-12H2,1-3H3,(H,19,24)/t15-/m0/s1. The van der Waals surface area contributed by atoms with Crippen LogP contribution in [0, 0.1) is 19.8 Å². The van der Waals surface area contributed by atoms with Crippen molar-refractivity contribution in [1.29, 1.82) is 0 Å². The van der Waals surface area contributed by atoms with E-state index >= 15 is 0 Å². The molecule has 142 valence electrons. The van der Waals surface area contributed by atoms with E-state index in [1.165, 1.54) is 0 Å². The zero-order valence-corrected chi connectivity index (χ0v) is 16.5. The van der Waals surface area contributed by atoms with E-state index in [9.17, 15) is 4.79 Å². The van der Waals surface area contributed by atoms with Gasteiger partial charge in [0.05, 0.1) is 5.92 Å². The maximum absolute atomic E-state index is 12.4. The van der Waals surface area contributed by atoms with Gasteiger partial charge in [-0.05, 0) is 45.2 Å². The summed E-state index contributed by atoms with van der Waals surface area (Å²) in [5, 5.41) is 13.5. The molecule has 0 unspecified atom stereocenters. The zero-order chi connectivity index (χ0) is 18.5. The zero-order valence-electron chi connectivity index (χ0n) is 15.7. The van der Waals surface area contributed by atoms with Crippen LogP contribution in [0.4, 0.5) is 5.13 Å². The predicted octanol–water partition coefficient (Wildman–Crippen LogP) is 2.31. The van der Waals surface area contributed by atoms with Crippen molar-refractivity contribution in [2.75, 3.05) is 38.3 Å². The summed E-state index contributed by atoms with van der Waals surface area (Å²) in [4.78, 5) is 14.6. The molecule has 26 heavy (non-hydrogen) atoms. The number of rotatable bonds is 7. The molecule has 0 radical (unpaired) electrons. The van der Waals surface area contributed by atoms with Gasteiger partial charge in [-0.2, -0.15) is 0 Å². The molecule has 0 spiro atoms. The molecule has 2 aromatic rings. The van der Waals surface area contributed by atoms with Crippen molar-refractivity contribution in [1.82, 2.24) is 20.1 Å². The van der Waals surface area contributed by atoms with E-state index in [4.69, 9.17) is 4.74 Å². The summed E-state index contributed by atoms with van der Waals surface area (Å²) in [6.45, 7) is 7.10. The molecule has 1 amide bonds. The Morgan fingerprint density at radius 2 is 2.04 bits per heavy atom. The molecule has 8 heteroatoms. The van der Waals surface area contributed by atoms with Crippen LogP contribution in [0.3, 0.4) is 0 Å². The first-order chi connectivity index (χ1) is 12.6. The van der Waals surface area contributed by atoms with Gasteiger partial charge in [-0.1, -0.05) is 11.3 Å². The van der Waals surface area contributed by atoms with Crippen LogP contribution in [-0.2, 0) is 9.53 Å². The summed E-state index contributed by atoms with van der Waals surface area (Å²) in [7, 11) is 1.67. The Kier molecular flexibility index (Phi) is 6.26. The summed E-state index contributed by atoms with van der Waals surface area (Å²) in [6, 6.07) is 4.17. The lowest BCUT2D eigenvalue weighted by Gasteiger charge is -2.31. The van der Waals surface area contributed by atoms with E-state index in [1.807, 2.05) is 0 Å². The average Bonchev–Trinajstić information content (AvgIpc) is 3.25. The molecule has 0 aliphatic carbocycles. The topological polar surface area (TPSA) is 72.3 Å². The number of hydrogen-bond donors (Lipinski definition) is 1. The van der Waals surface area contributed by atoms with Gasteiger partial charge in [-0.25, -0.2) is 0 Å². The third kappa shape index (κ3) is 4.24. The Balaban J connectivity index is 1.62. The van der Waals surface area contributed by atoms with Crippen LogP contribution < -0.4 is 10.2 Å². The first kappa shape index (κ1) is 18.8. The van der Waals surface area contributed by atoms with Gasteiger partial charge in [-0.15, -0.1) is 10.2 Å². The van der Waals surface area contributed by atoms with Crippen LogP contribution in [0.2, 0.25) is 0 Å². The first-order valence-electron chi connectivity index (χ1n) is 9.10. The number of nitrogens with zero attached hydrogens (tertiary/aromatic N) is 4. The van der Waals surface area contributed by atoms with Crippen molar-refractivity contribution in [2.45, 2.75) is 33.1 Å². The number of aromatic nitrogens is 3. The van der Waals surface area contributed by atoms with Crippen LogP contribution in [0.15, 0.2) is 12.1 Å². The van der Waals surface area contributed by atoms with Crippen molar-refractivity contribution in [3.05, 3.63) is 23.5 Å². The monoisotopic (exact) mass is 377 g/mol. The van der Waals surface area contributed by atoms with E-state index in [1.54, 1.807) is 18.4 Å². The first-order valence-corrected chi connectivity index (χ1v) is 9.92. The minimum absolute atomic E-state index is 0.00805. The molecular weight excluding hydrogens is 350 g/mol. The second-order valence-electron chi connectivity index (χ2n) is 6.74. The van der Waals surface area contributed by atoms with E-state index < -0.39 is 0 Å². The third-order valence-corrected chi connectivity index (χ3v) is 5.72. The van der Waals surface area contributed by atoms with Crippen molar-refractivity contribution < 1.29 is 9.53 Å². The van der Waals surface area contributed by atoms with Crippen LogP contribution in [-0.4, -0.2) is 54.0 Å². The van der Waals surface area contributed by atoms with Gasteiger partial charge in [0.2, 0.25) is 16.2 Å². The lowest BCUT2D eigenvalue weighted by Crippen LogP contribution is -2.43. The Morgan fingerprint density at radius 1 is 1.31 bits per heavy atom. The van der Waals surface area contributed by atoms with Crippen LogP contribution >= 0.6 is 11.3 Å². The highest BCUT2D eigenvalue weighted by Crippen LogP contribution is 2.29. The fraction of sp³-hybridized carbons (Fsp3) is 0.611. The highest BCUT2D eigenvalue weighted by atomic mass is 32.1. The number of nitrogens with one attached hydrogen (secondary N) is 1. The van der Waals surface area contributed by atoms with Crippen molar-refractivity contribution >= 4 is 22.4 Å². The molecule has 1 fully saturated rings. The molecule has 1 N–H and O–H groups in total. The van der Waals surface area contributed by atoms with Crippen molar-refractivity contribution in [2.24, 2.45) is 5.92 Å². The van der Waals surface area contributed by atoms with Gasteiger partial charge in [-0.3, -0.25) is 9.36 Å². The van der Waals surface area contributed by atoms with E-state index in [2.05, 4.69) is 51.0 Å². The molecule has 0 aromatic carbocycles. The van der Waals surface area contributed by atoms with Crippen LogP contribution in [0.25, 0.3) is 5.13 Å². The molecule has 0 bridgehead atoms. The summed E-state index contributed by atoms with van der Waals surface area (Å²) < 4.78 is 7.13. The molecule has 0 saturated carbocycles. The number of anilines is 1. The van der Waals surface area contributed by atoms with Gasteiger partial charge in [0.25, 0.3) is 0 Å². The van der Waals surface area contributed by atoms with Crippen molar-refractivity contribution in [3.63, 3.8) is 0 Å². The van der Waals surface area contributed by atoms with Crippen LogP contribution in [0.5, 0.6) is 0 Å². The van der Waals surface area contributed by atoms with Crippen LogP contribution in [0.1, 0.15) is 30.7 Å². The molecule has 2 aromatic heterocycles. The van der Waals surface area contributed by atoms with Gasteiger partial charge in [0.1, 0.15) is 0 Å². The Hall–Kier alpha value is -1.93. The number of carbonyl (C=O) groups is 1. The number of carbonyl (C=O) groups excluding carboxylic acids is 1. The fourth-order valence-corrected chi connectivity index (χ4v) is 4.33. The number of ether oxygens (including phenoxy) is 1. The van der Waals surface area contributed by atoms with Gasteiger partial charge < -0.3 is 15.0 Å². The highest BCUT2D eigenvalue weighted by Gasteiger charge is 2.27. The lowest BCUT2D eigenvalue weighted by atomic mass is 9.97. The van der Waals surface area contributed by atoms with Gasteiger partial charge in [0, 0.05) is 44.7 Å². The molecule has 3 heterocycles. The van der Waals surface area contributed by atoms with Gasteiger partial charge >= 0.3 is 0 Å². The second kappa shape index (κ2) is 8.64. The quantitative estimate of drug-likeness (QED) is 0.750. The highest BCUT2D eigenvalue weighted by molar-refractivity contribution is 7.17. The predicted molar refractivity (Wildman–Crippen MR) is 103 cm³/mol. The van der Waals surface area contributed by atoms with E-state index in [0.717, 1.165) is 47.5 Å². The molecule has 1 saturated heterocycles. The third-order valence-electron chi connectivity index (χ3n) is 4.75. The molecule has 1 aliphatic rings. The number of aryl methyl sites for hydroxylation is 2. The lowest BCUT2D eigenvalue weighted by molar-refractivity contribution is -0.125. The largest absolute Gasteiger partial charge is 0.385 e. The summed E-state index contributed by atoms with van der Waals surface area (Å²) in [6.07, 6.45) is 2.76. The molecule has 1 aliphatic heterocycles. The maximum Gasteiger partial charge on any atom is 0.224 e. The number of amides is 1. The van der Waals surface area contributed by atoms with Crippen molar-refractivity contribution in [3.8, 4) is 5.13 Å². The smallest absolute Gasteiger partial charge is 0.224 e. The minimum atomic E-state index is 0.00805. The molecule has 7 nitrogen and oxygen atoms in total. The number of methoxy groups -OCH3 is 1. The fourth-order valence-electron chi connectivity index (χ4n) is 3.33.